The van der Waals surface area contributed by atoms with E-state index >= 15 is 0 Å². The largest absolute Gasteiger partial charge is 0.353 e. The van der Waals surface area contributed by atoms with Crippen molar-refractivity contribution in [1.82, 2.24) is 15.0 Å². The van der Waals surface area contributed by atoms with Gasteiger partial charge in [-0.3, -0.25) is 10.1 Å². The monoisotopic (exact) mass is 328 g/mol. The van der Waals surface area contributed by atoms with Crippen LogP contribution in [0, 0.1) is 17.0 Å². The Morgan fingerprint density at radius 1 is 1.29 bits per heavy atom. The summed E-state index contributed by atoms with van der Waals surface area (Å²) < 4.78 is 0. The lowest BCUT2D eigenvalue weighted by Crippen LogP contribution is -2.38. The first-order valence-electron chi connectivity index (χ1n) is 8.02. The topological polar surface area (TPSA) is 97.1 Å². The van der Waals surface area contributed by atoms with Crippen molar-refractivity contribution in [2.75, 3.05) is 16.8 Å². The van der Waals surface area contributed by atoms with Gasteiger partial charge in [-0.25, -0.2) is 15.0 Å². The van der Waals surface area contributed by atoms with Crippen LogP contribution in [-0.2, 0) is 0 Å². The molecule has 1 fully saturated rings. The van der Waals surface area contributed by atoms with Gasteiger partial charge >= 0.3 is 5.69 Å². The third-order valence-corrected chi connectivity index (χ3v) is 4.31. The van der Waals surface area contributed by atoms with E-state index in [0.29, 0.717) is 11.6 Å². The molecule has 0 radical (unpaired) electrons. The van der Waals surface area contributed by atoms with Gasteiger partial charge in [0.25, 0.3) is 0 Å². The molecule has 1 aliphatic heterocycles. The van der Waals surface area contributed by atoms with Gasteiger partial charge in [-0.1, -0.05) is 6.07 Å². The molecule has 3 rings (SSSR count). The van der Waals surface area contributed by atoms with Crippen LogP contribution in [0.2, 0.25) is 0 Å². The molecule has 0 aliphatic carbocycles. The van der Waals surface area contributed by atoms with Crippen LogP contribution in [-0.4, -0.2) is 32.5 Å². The van der Waals surface area contributed by atoms with Crippen LogP contribution in [0.1, 0.15) is 31.7 Å². The molecule has 0 amide bonds. The minimum atomic E-state index is -0.419. The standard InChI is InChI=1S/C16H20N6O2/c1-11-6-5-8-17-14(11)20-15-13(22(23)24)16(19-10-18-15)21-9-4-3-7-12(21)2/h5-6,8,10,12H,3-4,7,9H2,1-2H3,(H,17,18,19,20). The summed E-state index contributed by atoms with van der Waals surface area (Å²) in [5, 5.41) is 14.7. The number of nitro groups is 1. The Bertz CT molecular complexity index is 751. The second-order valence-electron chi connectivity index (χ2n) is 5.98. The number of aryl methyl sites for hydroxylation is 1. The van der Waals surface area contributed by atoms with Crippen molar-refractivity contribution in [3.8, 4) is 0 Å². The minimum absolute atomic E-state index is 0.101. The molecule has 3 heterocycles. The highest BCUT2D eigenvalue weighted by atomic mass is 16.6. The molecule has 1 atom stereocenters. The van der Waals surface area contributed by atoms with Crippen molar-refractivity contribution in [2.24, 2.45) is 0 Å². The molecule has 0 bridgehead atoms. The van der Waals surface area contributed by atoms with Gasteiger partial charge in [0.2, 0.25) is 11.6 Å². The Labute approximate surface area is 140 Å². The zero-order chi connectivity index (χ0) is 17.1. The van der Waals surface area contributed by atoms with E-state index in [9.17, 15) is 10.1 Å². The highest BCUT2D eigenvalue weighted by molar-refractivity contribution is 5.74. The summed E-state index contributed by atoms with van der Waals surface area (Å²) in [6.45, 7) is 4.72. The van der Waals surface area contributed by atoms with E-state index in [1.165, 1.54) is 6.33 Å². The van der Waals surface area contributed by atoms with Crippen molar-refractivity contribution in [1.29, 1.82) is 0 Å². The predicted molar refractivity (Wildman–Crippen MR) is 91.6 cm³/mol. The number of aromatic nitrogens is 3. The van der Waals surface area contributed by atoms with Crippen molar-refractivity contribution in [3.05, 3.63) is 40.3 Å². The maximum Gasteiger partial charge on any atom is 0.353 e. The van der Waals surface area contributed by atoms with E-state index in [2.05, 4.69) is 27.2 Å². The van der Waals surface area contributed by atoms with E-state index in [4.69, 9.17) is 0 Å². The molecule has 1 aliphatic rings. The van der Waals surface area contributed by atoms with Gasteiger partial charge in [-0.2, -0.15) is 0 Å². The van der Waals surface area contributed by atoms with Gasteiger partial charge in [-0.05, 0) is 44.7 Å². The summed E-state index contributed by atoms with van der Waals surface area (Å²) in [6, 6.07) is 3.92. The summed E-state index contributed by atoms with van der Waals surface area (Å²) in [5.74, 6) is 1.10. The van der Waals surface area contributed by atoms with Crippen LogP contribution in [0.15, 0.2) is 24.7 Å². The fraction of sp³-hybridized carbons (Fsp3) is 0.438. The first-order chi connectivity index (χ1) is 11.6. The predicted octanol–water partition coefficient (Wildman–Crippen LogP) is 3.21. The van der Waals surface area contributed by atoms with E-state index in [0.717, 1.165) is 31.4 Å². The Kier molecular flexibility index (Phi) is 4.54. The number of pyridine rings is 1. The molecular formula is C16H20N6O2. The van der Waals surface area contributed by atoms with Crippen LogP contribution in [0.4, 0.5) is 23.1 Å². The highest BCUT2D eigenvalue weighted by Gasteiger charge is 2.31. The number of anilines is 3. The van der Waals surface area contributed by atoms with Gasteiger partial charge in [0, 0.05) is 18.8 Å². The van der Waals surface area contributed by atoms with Crippen LogP contribution in [0.5, 0.6) is 0 Å². The molecule has 2 aromatic rings. The second-order valence-corrected chi connectivity index (χ2v) is 5.98. The zero-order valence-corrected chi connectivity index (χ0v) is 13.8. The number of nitrogens with one attached hydrogen (secondary N) is 1. The number of nitrogens with zero attached hydrogens (tertiary/aromatic N) is 5. The maximum atomic E-state index is 11.7. The van der Waals surface area contributed by atoms with Gasteiger partial charge in [-0.15, -0.1) is 0 Å². The SMILES string of the molecule is Cc1cccnc1Nc1ncnc(N2CCCCC2C)c1[N+](=O)[O-]. The second kappa shape index (κ2) is 6.77. The van der Waals surface area contributed by atoms with Crippen LogP contribution < -0.4 is 10.2 Å². The maximum absolute atomic E-state index is 11.7. The fourth-order valence-electron chi connectivity index (χ4n) is 2.98. The number of piperidine rings is 1. The van der Waals surface area contributed by atoms with Crippen molar-refractivity contribution >= 4 is 23.1 Å². The Morgan fingerprint density at radius 3 is 2.83 bits per heavy atom. The molecule has 0 spiro atoms. The quantitative estimate of drug-likeness (QED) is 0.679. The van der Waals surface area contributed by atoms with Crippen molar-refractivity contribution in [3.63, 3.8) is 0 Å². The van der Waals surface area contributed by atoms with Gasteiger partial charge in [0.15, 0.2) is 0 Å². The average Bonchev–Trinajstić information content (AvgIpc) is 2.57. The molecule has 1 saturated heterocycles. The lowest BCUT2D eigenvalue weighted by molar-refractivity contribution is -0.383. The van der Waals surface area contributed by atoms with Crippen LogP contribution in [0.3, 0.4) is 0 Å². The van der Waals surface area contributed by atoms with Gasteiger partial charge < -0.3 is 10.2 Å². The van der Waals surface area contributed by atoms with Crippen molar-refractivity contribution < 1.29 is 4.92 Å². The third kappa shape index (κ3) is 3.12. The summed E-state index contributed by atoms with van der Waals surface area (Å²) in [6.07, 6.45) is 6.14. The molecule has 8 heteroatoms. The minimum Gasteiger partial charge on any atom is -0.348 e. The Hall–Kier alpha value is -2.77. The lowest BCUT2D eigenvalue weighted by atomic mass is 10.0. The molecule has 126 valence electrons. The van der Waals surface area contributed by atoms with Crippen LogP contribution in [0.25, 0.3) is 0 Å². The Balaban J connectivity index is 2.02. The first-order valence-corrected chi connectivity index (χ1v) is 8.02. The lowest BCUT2D eigenvalue weighted by Gasteiger charge is -2.33. The molecule has 2 aromatic heterocycles. The smallest absolute Gasteiger partial charge is 0.348 e. The van der Waals surface area contributed by atoms with E-state index in [1.54, 1.807) is 6.20 Å². The van der Waals surface area contributed by atoms with E-state index < -0.39 is 4.92 Å². The summed E-state index contributed by atoms with van der Waals surface area (Å²) in [4.78, 5) is 25.8. The normalized spacial score (nSPS) is 17.6. The molecule has 0 saturated carbocycles. The van der Waals surface area contributed by atoms with Gasteiger partial charge in [0.05, 0.1) is 4.92 Å². The summed E-state index contributed by atoms with van der Waals surface area (Å²) >= 11 is 0. The summed E-state index contributed by atoms with van der Waals surface area (Å²) in [7, 11) is 0. The average molecular weight is 328 g/mol. The summed E-state index contributed by atoms with van der Waals surface area (Å²) in [5.41, 5.74) is 0.787. The molecule has 24 heavy (non-hydrogen) atoms. The molecule has 1 N–H and O–H groups in total. The number of hydrogen-bond donors (Lipinski definition) is 1. The molecular weight excluding hydrogens is 308 g/mol. The highest BCUT2D eigenvalue weighted by Crippen LogP contribution is 2.36. The molecule has 8 nitrogen and oxygen atoms in total. The molecule has 0 aromatic carbocycles. The first kappa shape index (κ1) is 16.1. The molecule has 1 unspecified atom stereocenters. The third-order valence-electron chi connectivity index (χ3n) is 4.31. The number of hydrogen-bond acceptors (Lipinski definition) is 7. The van der Waals surface area contributed by atoms with Crippen molar-refractivity contribution in [2.45, 2.75) is 39.2 Å². The fourth-order valence-corrected chi connectivity index (χ4v) is 2.98. The van der Waals surface area contributed by atoms with Crippen LogP contribution >= 0.6 is 0 Å². The van der Waals surface area contributed by atoms with E-state index in [-0.39, 0.29) is 17.5 Å². The number of rotatable bonds is 4. The Morgan fingerprint density at radius 2 is 2.12 bits per heavy atom. The zero-order valence-electron chi connectivity index (χ0n) is 13.8. The van der Waals surface area contributed by atoms with Gasteiger partial charge in [0.1, 0.15) is 12.1 Å². The van der Waals surface area contributed by atoms with E-state index in [1.807, 2.05) is 24.0 Å².